The van der Waals surface area contributed by atoms with Gasteiger partial charge in [-0.05, 0) is 18.2 Å². The molecule has 2 aromatic rings. The van der Waals surface area contributed by atoms with Crippen LogP contribution in [0.1, 0.15) is 6.42 Å². The van der Waals surface area contributed by atoms with Gasteiger partial charge in [-0.2, -0.15) is 13.2 Å². The number of phenols is 1. The number of amides is 2. The summed E-state index contributed by atoms with van der Waals surface area (Å²) >= 11 is 0. The lowest BCUT2D eigenvalue weighted by Gasteiger charge is -2.36. The molecule has 3 rings (SSSR count). The standard InChI is InChI=1S/C26H38N6O8.C2HF3O2/c27-25-22(19-21(29-30-25)20-3-1-2-4-23(20)33)31-7-9-32(10-8-31)24(34)5-11-37-13-15-39-17-18-40-16-14-38-12-6-28-26(35)36;3-2(4,5)1(6)7/h1-4,19,28,33H,5-18H2,(H2,27,30)(H,35,36);(H,6,7). The first-order valence-electron chi connectivity index (χ1n) is 14.4. The highest BCUT2D eigenvalue weighted by Crippen LogP contribution is 2.31. The van der Waals surface area contributed by atoms with Gasteiger partial charge in [-0.25, -0.2) is 9.59 Å². The van der Waals surface area contributed by atoms with Crippen LogP contribution in [0.4, 0.5) is 29.5 Å². The Morgan fingerprint density at radius 1 is 0.851 bits per heavy atom. The number of aromatic hydroxyl groups is 1. The highest BCUT2D eigenvalue weighted by atomic mass is 19.4. The number of anilines is 2. The van der Waals surface area contributed by atoms with Crippen molar-refractivity contribution in [2.75, 3.05) is 96.2 Å². The summed E-state index contributed by atoms with van der Waals surface area (Å²) in [6.45, 7) is 5.56. The number of carboxylic acids is 1. The lowest BCUT2D eigenvalue weighted by molar-refractivity contribution is -0.192. The summed E-state index contributed by atoms with van der Waals surface area (Å²) in [5, 5.41) is 36.1. The smallest absolute Gasteiger partial charge is 0.490 e. The van der Waals surface area contributed by atoms with Gasteiger partial charge in [-0.1, -0.05) is 12.1 Å². The van der Waals surface area contributed by atoms with Gasteiger partial charge in [0.25, 0.3) is 0 Å². The van der Waals surface area contributed by atoms with Crippen LogP contribution in [0.15, 0.2) is 30.3 Å². The molecule has 262 valence electrons. The number of aromatic nitrogens is 2. The zero-order chi connectivity index (χ0) is 34.7. The summed E-state index contributed by atoms with van der Waals surface area (Å²) < 4.78 is 53.3. The number of carbonyl (C=O) groups excluding carboxylic acids is 1. The Hall–Kier alpha value is -4.46. The molecular formula is C28H39F3N6O10. The number of halogens is 3. The zero-order valence-electron chi connectivity index (χ0n) is 25.5. The number of nitrogens with zero attached hydrogens (tertiary/aromatic N) is 4. The second-order valence-electron chi connectivity index (χ2n) is 9.62. The van der Waals surface area contributed by atoms with E-state index in [-0.39, 0.29) is 18.2 Å². The van der Waals surface area contributed by atoms with Crippen LogP contribution in [0.3, 0.4) is 0 Å². The Morgan fingerprint density at radius 2 is 1.38 bits per heavy atom. The number of phenolic OH excluding ortho intramolecular Hbond substituents is 1. The van der Waals surface area contributed by atoms with Crippen molar-refractivity contribution in [3.63, 3.8) is 0 Å². The average molecular weight is 677 g/mol. The second kappa shape index (κ2) is 20.6. The Morgan fingerprint density at radius 3 is 1.91 bits per heavy atom. The van der Waals surface area contributed by atoms with E-state index in [4.69, 9.17) is 39.7 Å². The summed E-state index contributed by atoms with van der Waals surface area (Å²) in [5.74, 6) is -2.30. The molecule has 1 fully saturated rings. The minimum atomic E-state index is -5.08. The van der Waals surface area contributed by atoms with Crippen molar-refractivity contribution in [3.05, 3.63) is 30.3 Å². The van der Waals surface area contributed by atoms with E-state index >= 15 is 0 Å². The van der Waals surface area contributed by atoms with Crippen molar-refractivity contribution in [2.24, 2.45) is 0 Å². The molecule has 1 aliphatic heterocycles. The normalized spacial score (nSPS) is 13.1. The number of benzene rings is 1. The molecule has 2 amide bonds. The van der Waals surface area contributed by atoms with Crippen LogP contribution in [-0.2, 0) is 28.5 Å². The van der Waals surface area contributed by atoms with Gasteiger partial charge in [0.15, 0.2) is 5.82 Å². The molecule has 1 aromatic heterocycles. The summed E-state index contributed by atoms with van der Waals surface area (Å²) in [5.41, 5.74) is 7.93. The maximum Gasteiger partial charge on any atom is 0.490 e. The minimum absolute atomic E-state index is 0.0330. The van der Waals surface area contributed by atoms with Crippen LogP contribution >= 0.6 is 0 Å². The molecule has 16 nitrogen and oxygen atoms in total. The Labute approximate surface area is 268 Å². The molecule has 47 heavy (non-hydrogen) atoms. The van der Waals surface area contributed by atoms with Gasteiger partial charge >= 0.3 is 18.2 Å². The third kappa shape index (κ3) is 15.1. The van der Waals surface area contributed by atoms with Crippen molar-refractivity contribution in [3.8, 4) is 17.0 Å². The maximum absolute atomic E-state index is 12.6. The summed E-state index contributed by atoms with van der Waals surface area (Å²) in [6.07, 6.45) is -5.86. The quantitative estimate of drug-likeness (QED) is 0.150. The molecule has 1 aliphatic rings. The van der Waals surface area contributed by atoms with E-state index in [1.54, 1.807) is 18.2 Å². The Kier molecular flexibility index (Phi) is 17.0. The lowest BCUT2D eigenvalue weighted by atomic mass is 10.1. The van der Waals surface area contributed by atoms with E-state index in [0.29, 0.717) is 103 Å². The number of aliphatic carboxylic acids is 1. The molecular weight excluding hydrogens is 637 g/mol. The van der Waals surface area contributed by atoms with Crippen LogP contribution < -0.4 is 16.0 Å². The number of nitrogen functional groups attached to an aromatic ring is 1. The van der Waals surface area contributed by atoms with Crippen LogP contribution in [-0.4, -0.2) is 140 Å². The van der Waals surface area contributed by atoms with Crippen molar-refractivity contribution in [1.29, 1.82) is 0 Å². The third-order valence-corrected chi connectivity index (χ3v) is 6.30. The fourth-order valence-corrected chi connectivity index (χ4v) is 3.97. The molecule has 0 saturated carbocycles. The number of hydrogen-bond donors (Lipinski definition) is 5. The number of piperazine rings is 1. The molecule has 2 heterocycles. The number of ether oxygens (including phenoxy) is 4. The number of hydrogen-bond acceptors (Lipinski definition) is 12. The predicted octanol–water partition coefficient (Wildman–Crippen LogP) is 1.44. The Balaban J connectivity index is 0.000000984. The van der Waals surface area contributed by atoms with Crippen molar-refractivity contribution < 1.29 is 61.8 Å². The highest BCUT2D eigenvalue weighted by molar-refractivity contribution is 5.77. The SMILES string of the molecule is Nc1nnc(-c2ccccc2O)cc1N1CCN(C(=O)CCOCCOCCOCCOCCNC(=O)O)CC1.O=C(O)C(F)(F)F. The van der Waals surface area contributed by atoms with E-state index in [0.717, 1.165) is 5.69 Å². The van der Waals surface area contributed by atoms with Crippen LogP contribution in [0.2, 0.25) is 0 Å². The molecule has 0 bridgehead atoms. The van der Waals surface area contributed by atoms with E-state index in [9.17, 15) is 27.9 Å². The van der Waals surface area contributed by atoms with Crippen molar-refractivity contribution in [2.45, 2.75) is 12.6 Å². The number of alkyl halides is 3. The van der Waals surface area contributed by atoms with E-state index in [1.807, 2.05) is 17.0 Å². The second-order valence-corrected chi connectivity index (χ2v) is 9.62. The summed E-state index contributed by atoms with van der Waals surface area (Å²) in [6, 6.07) is 8.74. The fraction of sp³-hybridized carbons (Fsp3) is 0.536. The molecule has 6 N–H and O–H groups in total. The molecule has 19 heteroatoms. The number of nitrogens with two attached hydrogens (primary N) is 1. The molecule has 0 spiro atoms. The number of rotatable bonds is 17. The molecule has 0 aliphatic carbocycles. The van der Waals surface area contributed by atoms with Gasteiger partial charge in [0.1, 0.15) is 5.75 Å². The number of nitrogens with one attached hydrogen (secondary N) is 1. The first kappa shape index (κ1) is 38.7. The van der Waals surface area contributed by atoms with E-state index in [1.165, 1.54) is 0 Å². The van der Waals surface area contributed by atoms with Gasteiger partial charge in [0, 0.05) is 38.3 Å². The Bertz CT molecular complexity index is 1270. The van der Waals surface area contributed by atoms with Crippen LogP contribution in [0.5, 0.6) is 5.75 Å². The van der Waals surface area contributed by atoms with Crippen molar-refractivity contribution in [1.82, 2.24) is 20.4 Å². The van der Waals surface area contributed by atoms with Gasteiger partial charge in [-0.15, -0.1) is 10.2 Å². The first-order valence-corrected chi connectivity index (χ1v) is 14.4. The average Bonchev–Trinajstić information content (AvgIpc) is 3.03. The molecule has 0 unspecified atom stereocenters. The maximum atomic E-state index is 12.6. The summed E-state index contributed by atoms with van der Waals surface area (Å²) in [4.78, 5) is 35.7. The number of carboxylic acid groups (broad SMARTS) is 2. The fourth-order valence-electron chi connectivity index (χ4n) is 3.97. The van der Waals surface area contributed by atoms with Gasteiger partial charge in [0.2, 0.25) is 5.91 Å². The molecule has 1 saturated heterocycles. The van der Waals surface area contributed by atoms with Gasteiger partial charge < -0.3 is 55.1 Å². The van der Waals surface area contributed by atoms with Gasteiger partial charge in [-0.3, -0.25) is 4.79 Å². The topological polar surface area (TPSA) is 219 Å². The highest BCUT2D eigenvalue weighted by Gasteiger charge is 2.38. The van der Waals surface area contributed by atoms with Crippen LogP contribution in [0, 0.1) is 0 Å². The number of para-hydroxylation sites is 1. The molecule has 1 aromatic carbocycles. The van der Waals surface area contributed by atoms with E-state index in [2.05, 4.69) is 20.4 Å². The lowest BCUT2D eigenvalue weighted by Crippen LogP contribution is -2.49. The summed E-state index contributed by atoms with van der Waals surface area (Å²) in [7, 11) is 0. The zero-order valence-corrected chi connectivity index (χ0v) is 25.5. The molecule has 0 radical (unpaired) electrons. The molecule has 0 atom stereocenters. The largest absolute Gasteiger partial charge is 0.507 e. The van der Waals surface area contributed by atoms with Crippen LogP contribution in [0.25, 0.3) is 11.3 Å². The monoisotopic (exact) mass is 676 g/mol. The third-order valence-electron chi connectivity index (χ3n) is 6.30. The first-order chi connectivity index (χ1) is 22.4. The van der Waals surface area contributed by atoms with Gasteiger partial charge in [0.05, 0.1) is 70.7 Å². The minimum Gasteiger partial charge on any atom is -0.507 e. The number of carbonyl (C=O) groups is 3. The van der Waals surface area contributed by atoms with Crippen molar-refractivity contribution >= 4 is 29.5 Å². The predicted molar refractivity (Wildman–Crippen MR) is 160 cm³/mol. The van der Waals surface area contributed by atoms with E-state index < -0.39 is 18.2 Å².